The third-order valence-corrected chi connectivity index (χ3v) is 3.80. The molecule has 21 heavy (non-hydrogen) atoms. The lowest BCUT2D eigenvalue weighted by atomic mass is 10.2. The van der Waals surface area contributed by atoms with E-state index in [0.29, 0.717) is 17.2 Å². The first kappa shape index (κ1) is 16.1. The number of anilines is 1. The number of halogens is 2. The average Bonchev–Trinajstić information content (AvgIpc) is 2.47. The van der Waals surface area contributed by atoms with Crippen LogP contribution in [0.1, 0.15) is 13.3 Å². The average molecular weight is 416 g/mol. The Labute approximate surface area is 142 Å². The van der Waals surface area contributed by atoms with Crippen LogP contribution < -0.4 is 10.1 Å². The van der Waals surface area contributed by atoms with Crippen molar-refractivity contribution in [1.29, 1.82) is 0 Å². The molecule has 1 amide bonds. The minimum atomic E-state index is -0.553. The van der Waals surface area contributed by atoms with Crippen molar-refractivity contribution in [1.82, 2.24) is 0 Å². The highest BCUT2D eigenvalue weighted by Crippen LogP contribution is 2.20. The van der Waals surface area contributed by atoms with Crippen molar-refractivity contribution >= 4 is 45.8 Å². The van der Waals surface area contributed by atoms with Gasteiger partial charge in [-0.05, 0) is 71.5 Å². The molecular formula is C16H15ClINO2. The Hall–Kier alpha value is -1.27. The van der Waals surface area contributed by atoms with Crippen LogP contribution in [0.15, 0.2) is 48.5 Å². The van der Waals surface area contributed by atoms with Crippen molar-refractivity contribution < 1.29 is 9.53 Å². The van der Waals surface area contributed by atoms with Crippen LogP contribution in [0.4, 0.5) is 5.69 Å². The second-order valence-electron chi connectivity index (χ2n) is 4.47. The van der Waals surface area contributed by atoms with Crippen molar-refractivity contribution in [2.45, 2.75) is 19.4 Å². The number of carbonyl (C=O) groups is 1. The van der Waals surface area contributed by atoms with E-state index < -0.39 is 6.10 Å². The summed E-state index contributed by atoms with van der Waals surface area (Å²) >= 11 is 8.13. The summed E-state index contributed by atoms with van der Waals surface area (Å²) in [5.41, 5.74) is 0.758. The summed E-state index contributed by atoms with van der Waals surface area (Å²) in [6.07, 6.45) is 0.0191. The Morgan fingerprint density at radius 3 is 2.62 bits per heavy atom. The Balaban J connectivity index is 2.03. The molecule has 2 aromatic rings. The summed E-state index contributed by atoms with van der Waals surface area (Å²) in [5.74, 6) is 0.422. The molecule has 0 fully saturated rings. The predicted octanol–water partition coefficient (Wildman–Crippen LogP) is 4.74. The molecule has 3 nitrogen and oxygen atoms in total. The maximum Gasteiger partial charge on any atom is 0.265 e. The molecule has 0 unspecified atom stereocenters. The molecule has 1 N–H and O–H groups in total. The number of hydrogen-bond acceptors (Lipinski definition) is 2. The lowest BCUT2D eigenvalue weighted by Gasteiger charge is -2.17. The molecule has 0 saturated heterocycles. The smallest absolute Gasteiger partial charge is 0.265 e. The molecular weight excluding hydrogens is 401 g/mol. The summed E-state index contributed by atoms with van der Waals surface area (Å²) in [6.45, 7) is 1.91. The number of amides is 1. The lowest BCUT2D eigenvalue weighted by molar-refractivity contribution is -0.122. The van der Waals surface area contributed by atoms with Crippen LogP contribution in [-0.4, -0.2) is 12.0 Å². The number of benzene rings is 2. The van der Waals surface area contributed by atoms with Gasteiger partial charge in [0.15, 0.2) is 6.10 Å². The second-order valence-corrected chi connectivity index (χ2v) is 6.15. The van der Waals surface area contributed by atoms with E-state index in [4.69, 9.17) is 16.3 Å². The van der Waals surface area contributed by atoms with E-state index >= 15 is 0 Å². The number of carbonyl (C=O) groups excluding carboxylic acids is 1. The molecule has 0 heterocycles. The van der Waals surface area contributed by atoms with Gasteiger partial charge in [0.2, 0.25) is 0 Å². The molecule has 2 rings (SSSR count). The van der Waals surface area contributed by atoms with Gasteiger partial charge in [-0.1, -0.05) is 24.6 Å². The maximum absolute atomic E-state index is 12.2. The van der Waals surface area contributed by atoms with E-state index in [-0.39, 0.29) is 5.91 Å². The van der Waals surface area contributed by atoms with Gasteiger partial charge in [-0.25, -0.2) is 0 Å². The van der Waals surface area contributed by atoms with E-state index in [0.717, 1.165) is 9.26 Å². The van der Waals surface area contributed by atoms with Crippen LogP contribution in [0.3, 0.4) is 0 Å². The van der Waals surface area contributed by atoms with Gasteiger partial charge in [-0.15, -0.1) is 0 Å². The third-order valence-electron chi connectivity index (χ3n) is 2.85. The quantitative estimate of drug-likeness (QED) is 0.716. The second kappa shape index (κ2) is 7.66. The van der Waals surface area contributed by atoms with E-state index in [9.17, 15) is 4.79 Å². The monoisotopic (exact) mass is 415 g/mol. The predicted molar refractivity (Wildman–Crippen MR) is 93.9 cm³/mol. The van der Waals surface area contributed by atoms with Gasteiger partial charge >= 0.3 is 0 Å². The molecule has 0 radical (unpaired) electrons. The standard InChI is InChI=1S/C16H15ClINO2/c1-2-15(21-14-5-3-4-11(17)10-14)16(20)19-13-8-6-12(18)7-9-13/h3-10,15H,2H2,1H3,(H,19,20)/t15-/m0/s1. The fourth-order valence-corrected chi connectivity index (χ4v) is 2.32. The first-order valence-corrected chi connectivity index (χ1v) is 8.03. The summed E-state index contributed by atoms with van der Waals surface area (Å²) in [7, 11) is 0. The lowest BCUT2D eigenvalue weighted by Crippen LogP contribution is -2.32. The maximum atomic E-state index is 12.2. The summed E-state index contributed by atoms with van der Waals surface area (Å²) in [5, 5.41) is 3.44. The van der Waals surface area contributed by atoms with E-state index in [1.807, 2.05) is 31.2 Å². The molecule has 0 aliphatic heterocycles. The highest BCUT2D eigenvalue weighted by Gasteiger charge is 2.18. The first-order chi connectivity index (χ1) is 10.1. The van der Waals surface area contributed by atoms with E-state index in [1.54, 1.807) is 24.3 Å². The number of rotatable bonds is 5. The Morgan fingerprint density at radius 2 is 2.00 bits per heavy atom. The van der Waals surface area contributed by atoms with Gasteiger partial charge in [0.25, 0.3) is 5.91 Å². The normalized spacial score (nSPS) is 11.8. The van der Waals surface area contributed by atoms with Crippen LogP contribution >= 0.6 is 34.2 Å². The molecule has 2 aromatic carbocycles. The van der Waals surface area contributed by atoms with Gasteiger partial charge < -0.3 is 10.1 Å². The van der Waals surface area contributed by atoms with Crippen molar-refractivity contribution in [3.8, 4) is 5.75 Å². The molecule has 5 heteroatoms. The Morgan fingerprint density at radius 1 is 1.29 bits per heavy atom. The highest BCUT2D eigenvalue weighted by atomic mass is 127. The van der Waals surface area contributed by atoms with Gasteiger partial charge in [-0.3, -0.25) is 4.79 Å². The van der Waals surface area contributed by atoms with Gasteiger partial charge in [0, 0.05) is 14.3 Å². The van der Waals surface area contributed by atoms with Crippen molar-refractivity contribution in [2.75, 3.05) is 5.32 Å². The van der Waals surface area contributed by atoms with Crippen LogP contribution in [0.2, 0.25) is 5.02 Å². The fourth-order valence-electron chi connectivity index (χ4n) is 1.78. The third kappa shape index (κ3) is 4.89. The molecule has 0 saturated carbocycles. The SMILES string of the molecule is CC[C@H](Oc1cccc(Cl)c1)C(=O)Nc1ccc(I)cc1. The number of ether oxygens (including phenoxy) is 1. The van der Waals surface area contributed by atoms with Crippen molar-refractivity contribution in [3.63, 3.8) is 0 Å². The van der Waals surface area contributed by atoms with Crippen LogP contribution in [-0.2, 0) is 4.79 Å². The molecule has 1 atom stereocenters. The zero-order chi connectivity index (χ0) is 15.2. The molecule has 0 spiro atoms. The van der Waals surface area contributed by atoms with Gasteiger partial charge in [-0.2, -0.15) is 0 Å². The van der Waals surface area contributed by atoms with E-state index in [1.165, 1.54) is 0 Å². The minimum Gasteiger partial charge on any atom is -0.481 e. The molecule has 0 bridgehead atoms. The summed E-state index contributed by atoms with van der Waals surface area (Å²) in [6, 6.07) is 14.7. The molecule has 0 aromatic heterocycles. The zero-order valence-electron chi connectivity index (χ0n) is 11.5. The van der Waals surface area contributed by atoms with Crippen LogP contribution in [0.5, 0.6) is 5.75 Å². The van der Waals surface area contributed by atoms with Gasteiger partial charge in [0.05, 0.1) is 0 Å². The summed E-state index contributed by atoms with van der Waals surface area (Å²) in [4.78, 5) is 12.2. The molecule has 110 valence electrons. The van der Waals surface area contributed by atoms with Crippen molar-refractivity contribution in [3.05, 3.63) is 57.1 Å². The Kier molecular flexibility index (Phi) is 5.87. The first-order valence-electron chi connectivity index (χ1n) is 6.57. The van der Waals surface area contributed by atoms with Crippen LogP contribution in [0, 0.1) is 3.57 Å². The summed E-state index contributed by atoms with van der Waals surface area (Å²) < 4.78 is 6.82. The zero-order valence-corrected chi connectivity index (χ0v) is 14.4. The number of nitrogens with one attached hydrogen (secondary N) is 1. The number of hydrogen-bond donors (Lipinski definition) is 1. The topological polar surface area (TPSA) is 38.3 Å². The Bertz CT molecular complexity index is 616. The molecule has 0 aliphatic carbocycles. The highest BCUT2D eigenvalue weighted by molar-refractivity contribution is 14.1. The van der Waals surface area contributed by atoms with Gasteiger partial charge in [0.1, 0.15) is 5.75 Å². The largest absolute Gasteiger partial charge is 0.481 e. The van der Waals surface area contributed by atoms with Crippen LogP contribution in [0.25, 0.3) is 0 Å². The fraction of sp³-hybridized carbons (Fsp3) is 0.188. The molecule has 0 aliphatic rings. The minimum absolute atomic E-state index is 0.168. The van der Waals surface area contributed by atoms with Crippen molar-refractivity contribution in [2.24, 2.45) is 0 Å². The van der Waals surface area contributed by atoms with E-state index in [2.05, 4.69) is 27.9 Å².